The second kappa shape index (κ2) is 8.96. The van der Waals surface area contributed by atoms with Crippen molar-refractivity contribution in [3.05, 3.63) is 66.2 Å². The van der Waals surface area contributed by atoms with Crippen molar-refractivity contribution in [3.63, 3.8) is 0 Å². The average molecular weight is 408 g/mol. The molecule has 0 atom stereocenters. The molecule has 0 aliphatic carbocycles. The summed E-state index contributed by atoms with van der Waals surface area (Å²) in [5, 5.41) is 0.407. The summed E-state index contributed by atoms with van der Waals surface area (Å²) < 4.78 is 10.7. The molecule has 0 bridgehead atoms. The molecule has 3 aromatic rings. The summed E-state index contributed by atoms with van der Waals surface area (Å²) in [5.74, 6) is -0.616. The molecule has 6 nitrogen and oxygen atoms in total. The van der Waals surface area contributed by atoms with Crippen LogP contribution in [0.2, 0.25) is 0 Å². The van der Waals surface area contributed by atoms with Gasteiger partial charge in [0, 0.05) is 13.1 Å². The van der Waals surface area contributed by atoms with Gasteiger partial charge in [-0.3, -0.25) is 9.59 Å². The number of carbonyl (C=O) groups excluding carboxylic acids is 2. The summed E-state index contributed by atoms with van der Waals surface area (Å²) in [6.45, 7) is 0.897. The van der Waals surface area contributed by atoms with Crippen LogP contribution in [0.3, 0.4) is 0 Å². The van der Waals surface area contributed by atoms with Gasteiger partial charge in [-0.25, -0.2) is 4.98 Å². The zero-order valence-electron chi connectivity index (χ0n) is 15.7. The summed E-state index contributed by atoms with van der Waals surface area (Å²) in [6.07, 6.45) is 2.85. The number of fused-ring (bicyclic) bond motifs is 1. The van der Waals surface area contributed by atoms with E-state index in [0.29, 0.717) is 23.9 Å². The lowest BCUT2D eigenvalue weighted by atomic mass is 10.00. The average Bonchev–Trinajstić information content (AvgIpc) is 3.20. The number of rotatable bonds is 6. The highest BCUT2D eigenvalue weighted by molar-refractivity contribution is 7.99. The van der Waals surface area contributed by atoms with Gasteiger partial charge < -0.3 is 14.1 Å². The minimum Gasteiger partial charge on any atom is -0.455 e. The van der Waals surface area contributed by atoms with Crippen LogP contribution in [-0.4, -0.2) is 47.2 Å². The molecule has 1 amide bonds. The van der Waals surface area contributed by atoms with Gasteiger partial charge in [-0.1, -0.05) is 60.3 Å². The summed E-state index contributed by atoms with van der Waals surface area (Å²) in [6, 6.07) is 17.5. The smallest absolute Gasteiger partial charge is 0.316 e. The minimum atomic E-state index is -0.469. The van der Waals surface area contributed by atoms with Crippen LogP contribution in [0.4, 0.5) is 0 Å². The standard InChI is InChI=1S/C22H20N2O4S/c25-20(24-12-10-17(11-13-24)16-6-2-1-3-7-16)14-27-21(26)15-29-22-23-18-8-4-5-9-19(18)28-22/h1-10H,11-15H2. The van der Waals surface area contributed by atoms with Crippen molar-refractivity contribution < 1.29 is 18.7 Å². The fraction of sp³-hybridized carbons (Fsp3) is 0.227. The number of thioether (sulfide) groups is 1. The largest absolute Gasteiger partial charge is 0.455 e. The predicted molar refractivity (Wildman–Crippen MR) is 111 cm³/mol. The fourth-order valence-corrected chi connectivity index (χ4v) is 3.75. The first-order valence-electron chi connectivity index (χ1n) is 9.35. The number of ether oxygens (including phenoxy) is 1. The van der Waals surface area contributed by atoms with E-state index in [2.05, 4.69) is 23.2 Å². The van der Waals surface area contributed by atoms with Crippen molar-refractivity contribution in [2.75, 3.05) is 25.4 Å². The Labute approximate surface area is 172 Å². The van der Waals surface area contributed by atoms with E-state index in [4.69, 9.17) is 9.15 Å². The van der Waals surface area contributed by atoms with Gasteiger partial charge in [0.2, 0.25) is 0 Å². The molecule has 1 aromatic heterocycles. The van der Waals surface area contributed by atoms with E-state index in [0.717, 1.165) is 23.7 Å². The third-order valence-corrected chi connectivity index (χ3v) is 5.45. The third kappa shape index (κ3) is 4.86. The molecular weight excluding hydrogens is 388 g/mol. The van der Waals surface area contributed by atoms with Crippen molar-refractivity contribution in [1.29, 1.82) is 0 Å². The van der Waals surface area contributed by atoms with Gasteiger partial charge in [-0.2, -0.15) is 0 Å². The molecule has 1 aliphatic heterocycles. The number of carbonyl (C=O) groups is 2. The molecule has 0 N–H and O–H groups in total. The van der Waals surface area contributed by atoms with Gasteiger partial charge >= 0.3 is 5.97 Å². The van der Waals surface area contributed by atoms with Gasteiger partial charge in [-0.05, 0) is 29.7 Å². The summed E-state index contributed by atoms with van der Waals surface area (Å²) >= 11 is 1.15. The van der Waals surface area contributed by atoms with Crippen LogP contribution in [0.1, 0.15) is 12.0 Å². The highest BCUT2D eigenvalue weighted by Crippen LogP contribution is 2.24. The predicted octanol–water partition coefficient (Wildman–Crippen LogP) is 3.78. The molecule has 1 aliphatic rings. The lowest BCUT2D eigenvalue weighted by Gasteiger charge is -2.26. The van der Waals surface area contributed by atoms with E-state index in [1.807, 2.05) is 42.5 Å². The number of esters is 1. The first-order chi connectivity index (χ1) is 14.2. The molecule has 148 valence electrons. The molecular formula is C22H20N2O4S. The highest BCUT2D eigenvalue weighted by atomic mass is 32.2. The van der Waals surface area contributed by atoms with Crippen molar-refractivity contribution in [2.45, 2.75) is 11.6 Å². The van der Waals surface area contributed by atoms with Crippen LogP contribution in [-0.2, 0) is 14.3 Å². The van der Waals surface area contributed by atoms with Crippen molar-refractivity contribution in [2.24, 2.45) is 0 Å². The zero-order chi connectivity index (χ0) is 20.1. The molecule has 0 unspecified atom stereocenters. The van der Waals surface area contributed by atoms with E-state index in [-0.39, 0.29) is 18.3 Å². The SMILES string of the molecule is O=C(CSc1nc2ccccc2o1)OCC(=O)N1CC=C(c2ccccc2)CC1. The molecule has 7 heteroatoms. The Morgan fingerprint density at radius 2 is 1.90 bits per heavy atom. The van der Waals surface area contributed by atoms with Crippen LogP contribution in [0.5, 0.6) is 0 Å². The van der Waals surface area contributed by atoms with Crippen molar-refractivity contribution in [1.82, 2.24) is 9.88 Å². The molecule has 4 rings (SSSR count). The second-order valence-corrected chi connectivity index (χ2v) is 7.51. The first kappa shape index (κ1) is 19.3. The van der Waals surface area contributed by atoms with E-state index < -0.39 is 5.97 Å². The molecule has 0 spiro atoms. The Bertz CT molecular complexity index is 1010. The van der Waals surface area contributed by atoms with Gasteiger partial charge in [0.15, 0.2) is 12.2 Å². The molecule has 0 fully saturated rings. The molecule has 0 saturated carbocycles. The Morgan fingerprint density at radius 1 is 1.10 bits per heavy atom. The summed E-state index contributed by atoms with van der Waals surface area (Å²) in [7, 11) is 0. The topological polar surface area (TPSA) is 72.6 Å². The van der Waals surface area contributed by atoms with Gasteiger partial charge in [0.25, 0.3) is 11.1 Å². The lowest BCUT2D eigenvalue weighted by Crippen LogP contribution is -2.37. The number of amides is 1. The van der Waals surface area contributed by atoms with Crippen molar-refractivity contribution >= 4 is 40.3 Å². The van der Waals surface area contributed by atoms with Gasteiger partial charge in [0.05, 0.1) is 0 Å². The number of nitrogens with zero attached hydrogens (tertiary/aromatic N) is 2. The molecule has 29 heavy (non-hydrogen) atoms. The molecule has 2 heterocycles. The van der Waals surface area contributed by atoms with Crippen LogP contribution < -0.4 is 0 Å². The monoisotopic (exact) mass is 408 g/mol. The molecule has 2 aromatic carbocycles. The minimum absolute atomic E-state index is 0.0398. The maximum Gasteiger partial charge on any atom is 0.316 e. The quantitative estimate of drug-likeness (QED) is 0.457. The Balaban J connectivity index is 1.22. The van der Waals surface area contributed by atoms with E-state index >= 15 is 0 Å². The Kier molecular flexibility index (Phi) is 5.95. The normalized spacial score (nSPS) is 13.9. The maximum atomic E-state index is 12.3. The van der Waals surface area contributed by atoms with Crippen molar-refractivity contribution in [3.8, 4) is 0 Å². The van der Waals surface area contributed by atoms with Gasteiger partial charge in [0.1, 0.15) is 11.3 Å². The second-order valence-electron chi connectivity index (χ2n) is 6.58. The lowest BCUT2D eigenvalue weighted by molar-refractivity contribution is -0.149. The number of oxazole rings is 1. The van der Waals surface area contributed by atoms with Crippen LogP contribution in [0.15, 0.2) is 70.3 Å². The fourth-order valence-electron chi connectivity index (χ4n) is 3.12. The van der Waals surface area contributed by atoms with Crippen LogP contribution in [0.25, 0.3) is 16.7 Å². The molecule has 0 saturated heterocycles. The Morgan fingerprint density at radius 3 is 2.66 bits per heavy atom. The molecule has 0 radical (unpaired) electrons. The zero-order valence-corrected chi connectivity index (χ0v) is 16.6. The van der Waals surface area contributed by atoms with E-state index in [1.165, 1.54) is 11.1 Å². The maximum absolute atomic E-state index is 12.3. The number of hydrogen-bond donors (Lipinski definition) is 0. The van der Waals surface area contributed by atoms with E-state index in [1.54, 1.807) is 4.90 Å². The Hall–Kier alpha value is -3.06. The van der Waals surface area contributed by atoms with E-state index in [9.17, 15) is 9.59 Å². The van der Waals surface area contributed by atoms with Crippen LogP contribution >= 0.6 is 11.8 Å². The first-order valence-corrected chi connectivity index (χ1v) is 10.3. The number of benzene rings is 2. The third-order valence-electron chi connectivity index (χ3n) is 4.65. The number of hydrogen-bond acceptors (Lipinski definition) is 6. The van der Waals surface area contributed by atoms with Crippen LogP contribution in [0, 0.1) is 0 Å². The summed E-state index contributed by atoms with van der Waals surface area (Å²) in [4.78, 5) is 30.3. The highest BCUT2D eigenvalue weighted by Gasteiger charge is 2.19. The number of para-hydroxylation sites is 2. The van der Waals surface area contributed by atoms with Gasteiger partial charge in [-0.15, -0.1) is 0 Å². The summed E-state index contributed by atoms with van der Waals surface area (Å²) in [5.41, 5.74) is 3.83. The number of aromatic nitrogens is 1.